The van der Waals surface area contributed by atoms with E-state index in [1.807, 2.05) is 0 Å². The third-order valence-corrected chi connectivity index (χ3v) is 3.22. The summed E-state index contributed by atoms with van der Waals surface area (Å²) < 4.78 is 51.2. The lowest BCUT2D eigenvalue weighted by Gasteiger charge is -2.12. The maximum atomic E-state index is 13.1. The van der Waals surface area contributed by atoms with Gasteiger partial charge in [0.15, 0.2) is 5.69 Å². The SMILES string of the molecule is Nc1nc(Nc2c(Cl)cc(F)cc2Br)cc(C(F)(F)F)n1. The number of hydrogen-bond donors (Lipinski definition) is 2. The summed E-state index contributed by atoms with van der Waals surface area (Å²) in [5, 5.41) is 2.51. The molecule has 0 amide bonds. The van der Waals surface area contributed by atoms with Crippen LogP contribution in [0.5, 0.6) is 0 Å². The molecular weight excluding hydrogens is 379 g/mol. The zero-order chi connectivity index (χ0) is 15.8. The summed E-state index contributed by atoms with van der Waals surface area (Å²) in [6, 6.07) is 2.77. The molecule has 0 saturated heterocycles. The number of benzene rings is 1. The van der Waals surface area contributed by atoms with Crippen molar-refractivity contribution in [2.45, 2.75) is 6.18 Å². The quantitative estimate of drug-likeness (QED) is 0.753. The minimum absolute atomic E-state index is 0.0346. The van der Waals surface area contributed by atoms with E-state index in [1.165, 1.54) is 0 Å². The van der Waals surface area contributed by atoms with Gasteiger partial charge in [0.2, 0.25) is 5.95 Å². The summed E-state index contributed by atoms with van der Waals surface area (Å²) in [5.74, 6) is -1.37. The first-order valence-corrected chi connectivity index (χ1v) is 6.47. The summed E-state index contributed by atoms with van der Waals surface area (Å²) in [5.41, 5.74) is 4.20. The van der Waals surface area contributed by atoms with Crippen molar-refractivity contribution >= 4 is 45.0 Å². The van der Waals surface area contributed by atoms with E-state index in [4.69, 9.17) is 17.3 Å². The predicted molar refractivity (Wildman–Crippen MR) is 73.8 cm³/mol. The van der Waals surface area contributed by atoms with Crippen molar-refractivity contribution in [1.82, 2.24) is 9.97 Å². The van der Waals surface area contributed by atoms with Crippen molar-refractivity contribution < 1.29 is 17.6 Å². The molecule has 4 nitrogen and oxygen atoms in total. The Morgan fingerprint density at radius 3 is 2.43 bits per heavy atom. The minimum atomic E-state index is -4.67. The van der Waals surface area contributed by atoms with Gasteiger partial charge < -0.3 is 11.1 Å². The van der Waals surface area contributed by atoms with Gasteiger partial charge in [-0.1, -0.05) is 11.6 Å². The minimum Gasteiger partial charge on any atom is -0.368 e. The Labute approximate surface area is 129 Å². The first kappa shape index (κ1) is 15.8. The van der Waals surface area contributed by atoms with E-state index >= 15 is 0 Å². The molecule has 112 valence electrons. The molecule has 2 rings (SSSR count). The highest BCUT2D eigenvalue weighted by molar-refractivity contribution is 9.10. The van der Waals surface area contributed by atoms with Gasteiger partial charge in [-0.05, 0) is 28.1 Å². The molecule has 21 heavy (non-hydrogen) atoms. The Morgan fingerprint density at radius 2 is 1.86 bits per heavy atom. The van der Waals surface area contributed by atoms with E-state index in [1.54, 1.807) is 0 Å². The Bertz CT molecular complexity index is 669. The zero-order valence-corrected chi connectivity index (χ0v) is 12.3. The molecular formula is C11H6BrClF4N4. The predicted octanol–water partition coefficient (Wildman–Crippen LogP) is 4.38. The number of anilines is 3. The van der Waals surface area contributed by atoms with Gasteiger partial charge in [-0.15, -0.1) is 0 Å². The average molecular weight is 386 g/mol. The van der Waals surface area contributed by atoms with Crippen molar-refractivity contribution in [3.05, 3.63) is 39.2 Å². The second-order valence-corrected chi connectivity index (χ2v) is 5.13. The lowest BCUT2D eigenvalue weighted by Crippen LogP contribution is -2.12. The van der Waals surface area contributed by atoms with Gasteiger partial charge in [0.1, 0.15) is 11.6 Å². The van der Waals surface area contributed by atoms with E-state index in [-0.39, 0.29) is 21.0 Å². The molecule has 0 atom stereocenters. The van der Waals surface area contributed by atoms with Crippen molar-refractivity contribution in [2.75, 3.05) is 11.1 Å². The van der Waals surface area contributed by atoms with Gasteiger partial charge in [-0.25, -0.2) is 9.37 Å². The van der Waals surface area contributed by atoms with Crippen LogP contribution in [0, 0.1) is 5.82 Å². The molecule has 0 aliphatic carbocycles. The van der Waals surface area contributed by atoms with Crippen LogP contribution in [0.15, 0.2) is 22.7 Å². The normalized spacial score (nSPS) is 11.5. The maximum absolute atomic E-state index is 13.1. The van der Waals surface area contributed by atoms with Crippen LogP contribution in [0.2, 0.25) is 5.02 Å². The van der Waals surface area contributed by atoms with Crippen LogP contribution < -0.4 is 11.1 Å². The van der Waals surface area contributed by atoms with Crippen LogP contribution in [-0.2, 0) is 6.18 Å². The number of alkyl halides is 3. The Hall–Kier alpha value is -1.61. The number of nitrogens with zero attached hydrogens (tertiary/aromatic N) is 2. The molecule has 2 aromatic rings. The van der Waals surface area contributed by atoms with Crippen molar-refractivity contribution in [2.24, 2.45) is 0 Å². The van der Waals surface area contributed by atoms with Crippen LogP contribution in [-0.4, -0.2) is 9.97 Å². The Morgan fingerprint density at radius 1 is 1.19 bits per heavy atom. The first-order valence-electron chi connectivity index (χ1n) is 5.30. The largest absolute Gasteiger partial charge is 0.433 e. The number of rotatable bonds is 2. The molecule has 1 heterocycles. The lowest BCUT2D eigenvalue weighted by atomic mass is 10.3. The summed E-state index contributed by atoms with van der Waals surface area (Å²) in [6.07, 6.45) is -4.67. The molecule has 0 spiro atoms. The molecule has 0 unspecified atom stereocenters. The summed E-state index contributed by atoms with van der Waals surface area (Å²) in [7, 11) is 0. The van der Waals surface area contributed by atoms with Crippen LogP contribution in [0.1, 0.15) is 5.69 Å². The fraction of sp³-hybridized carbons (Fsp3) is 0.0909. The Kier molecular flexibility index (Phi) is 4.24. The van der Waals surface area contributed by atoms with Gasteiger partial charge in [0.05, 0.1) is 10.7 Å². The fourth-order valence-corrected chi connectivity index (χ4v) is 2.36. The van der Waals surface area contributed by atoms with Gasteiger partial charge in [0.25, 0.3) is 0 Å². The molecule has 0 saturated carbocycles. The average Bonchev–Trinajstić information content (AvgIpc) is 2.32. The molecule has 0 aliphatic rings. The number of nitrogens with one attached hydrogen (secondary N) is 1. The molecule has 0 bridgehead atoms. The number of hydrogen-bond acceptors (Lipinski definition) is 4. The standard InChI is InChI=1S/C11H6BrClF4N4/c12-5-1-4(14)2-6(13)9(5)20-8-3-7(11(15,16)17)19-10(18)21-8/h1-3H,(H3,18,19,20,21). The summed E-state index contributed by atoms with van der Waals surface area (Å²) in [6.45, 7) is 0. The van der Waals surface area contributed by atoms with Gasteiger partial charge in [-0.2, -0.15) is 18.2 Å². The smallest absolute Gasteiger partial charge is 0.368 e. The maximum Gasteiger partial charge on any atom is 0.433 e. The van der Waals surface area contributed by atoms with Crippen LogP contribution >= 0.6 is 27.5 Å². The van der Waals surface area contributed by atoms with Gasteiger partial charge in [0, 0.05) is 10.5 Å². The van der Waals surface area contributed by atoms with Crippen LogP contribution in [0.25, 0.3) is 0 Å². The van der Waals surface area contributed by atoms with Crippen LogP contribution in [0.4, 0.5) is 35.0 Å². The van der Waals surface area contributed by atoms with E-state index in [2.05, 4.69) is 31.2 Å². The second-order valence-electron chi connectivity index (χ2n) is 3.86. The molecule has 1 aromatic carbocycles. The number of halogens is 6. The van der Waals surface area contributed by atoms with Crippen molar-refractivity contribution in [1.29, 1.82) is 0 Å². The van der Waals surface area contributed by atoms with E-state index < -0.39 is 23.6 Å². The number of aromatic nitrogens is 2. The lowest BCUT2D eigenvalue weighted by molar-refractivity contribution is -0.141. The number of nitrogen functional groups attached to an aromatic ring is 1. The highest BCUT2D eigenvalue weighted by Crippen LogP contribution is 2.35. The van der Waals surface area contributed by atoms with Gasteiger partial charge in [-0.3, -0.25) is 0 Å². The molecule has 0 fully saturated rings. The molecule has 3 N–H and O–H groups in total. The zero-order valence-electron chi connectivity index (χ0n) is 9.97. The third-order valence-electron chi connectivity index (χ3n) is 2.29. The third kappa shape index (κ3) is 3.73. The topological polar surface area (TPSA) is 63.8 Å². The molecule has 0 radical (unpaired) electrons. The molecule has 10 heteroatoms. The fourth-order valence-electron chi connectivity index (χ4n) is 1.46. The van der Waals surface area contributed by atoms with Crippen LogP contribution in [0.3, 0.4) is 0 Å². The molecule has 1 aromatic heterocycles. The van der Waals surface area contributed by atoms with Crippen molar-refractivity contribution in [3.63, 3.8) is 0 Å². The van der Waals surface area contributed by atoms with Crippen molar-refractivity contribution in [3.8, 4) is 0 Å². The first-order chi connectivity index (χ1) is 9.66. The monoisotopic (exact) mass is 384 g/mol. The van der Waals surface area contributed by atoms with Gasteiger partial charge >= 0.3 is 6.18 Å². The number of nitrogens with two attached hydrogens (primary N) is 1. The van der Waals surface area contributed by atoms with E-state index in [0.29, 0.717) is 6.07 Å². The van der Waals surface area contributed by atoms with E-state index in [9.17, 15) is 17.6 Å². The molecule has 0 aliphatic heterocycles. The highest BCUT2D eigenvalue weighted by atomic mass is 79.9. The summed E-state index contributed by atoms with van der Waals surface area (Å²) in [4.78, 5) is 6.73. The second kappa shape index (κ2) is 5.64. The Balaban J connectivity index is 2.43. The summed E-state index contributed by atoms with van der Waals surface area (Å²) >= 11 is 8.87. The van der Waals surface area contributed by atoms with E-state index in [0.717, 1.165) is 12.1 Å². The highest BCUT2D eigenvalue weighted by Gasteiger charge is 2.33.